The van der Waals surface area contributed by atoms with Gasteiger partial charge in [0.05, 0.1) is 24.9 Å². The summed E-state index contributed by atoms with van der Waals surface area (Å²) in [4.78, 5) is 0. The normalized spacial score (nSPS) is 23.2. The minimum atomic E-state index is -3.64. The first-order valence-corrected chi connectivity index (χ1v) is 10.3. The molecule has 1 saturated heterocycles. The molecule has 0 bridgehead atoms. The minimum Gasteiger partial charge on any atom is -0.490 e. The zero-order valence-electron chi connectivity index (χ0n) is 15.6. The second kappa shape index (κ2) is 7.56. The average Bonchev–Trinajstić information content (AvgIpc) is 2.99. The Labute approximate surface area is 154 Å². The number of hydrogen-bond donors (Lipinski definition) is 1. The topological polar surface area (TPSA) is 81.0 Å². The molecule has 0 spiro atoms. The lowest BCUT2D eigenvalue weighted by Gasteiger charge is -2.34. The highest BCUT2D eigenvalue weighted by Crippen LogP contribution is 2.31. The van der Waals surface area contributed by atoms with Crippen molar-refractivity contribution in [2.45, 2.75) is 45.9 Å². The van der Waals surface area contributed by atoms with E-state index in [1.54, 1.807) is 6.92 Å². The maximum atomic E-state index is 12.7. The molecular weight excluding hydrogens is 356 g/mol. The number of benzene rings is 1. The third-order valence-corrected chi connectivity index (χ3v) is 5.93. The Morgan fingerprint density at radius 2 is 2.00 bits per heavy atom. The van der Waals surface area contributed by atoms with Gasteiger partial charge in [0.25, 0.3) is 10.2 Å². The van der Waals surface area contributed by atoms with Crippen LogP contribution in [-0.4, -0.2) is 44.6 Å². The van der Waals surface area contributed by atoms with Gasteiger partial charge in [0.15, 0.2) is 11.3 Å². The van der Waals surface area contributed by atoms with Gasteiger partial charge < -0.3 is 13.9 Å². The first-order valence-electron chi connectivity index (χ1n) is 8.88. The van der Waals surface area contributed by atoms with Crippen LogP contribution in [0.3, 0.4) is 0 Å². The molecule has 1 fully saturated rings. The molecule has 1 aromatic heterocycles. The van der Waals surface area contributed by atoms with Crippen molar-refractivity contribution in [3.63, 3.8) is 0 Å². The Hall–Kier alpha value is -1.61. The predicted molar refractivity (Wildman–Crippen MR) is 99.4 cm³/mol. The molecule has 7 nitrogen and oxygen atoms in total. The van der Waals surface area contributed by atoms with E-state index in [9.17, 15) is 8.42 Å². The molecule has 3 rings (SSSR count). The van der Waals surface area contributed by atoms with E-state index in [1.807, 2.05) is 45.0 Å². The fourth-order valence-electron chi connectivity index (χ4n) is 3.22. The van der Waals surface area contributed by atoms with Crippen LogP contribution in [0.5, 0.6) is 5.75 Å². The van der Waals surface area contributed by atoms with Crippen LogP contribution < -0.4 is 9.46 Å². The highest BCUT2D eigenvalue weighted by Gasteiger charge is 2.32. The Morgan fingerprint density at radius 1 is 1.31 bits per heavy atom. The molecule has 0 radical (unpaired) electrons. The van der Waals surface area contributed by atoms with E-state index in [4.69, 9.17) is 13.9 Å². The van der Waals surface area contributed by atoms with Gasteiger partial charge in [-0.25, -0.2) is 0 Å². The van der Waals surface area contributed by atoms with E-state index in [0.29, 0.717) is 36.8 Å². The second-order valence-electron chi connectivity index (χ2n) is 6.68. The summed E-state index contributed by atoms with van der Waals surface area (Å²) in [6.07, 6.45) is -0.267. The van der Waals surface area contributed by atoms with E-state index in [-0.39, 0.29) is 12.2 Å². The number of nitrogens with zero attached hydrogens (tertiary/aromatic N) is 1. The van der Waals surface area contributed by atoms with E-state index in [0.717, 1.165) is 5.39 Å². The van der Waals surface area contributed by atoms with Gasteiger partial charge >= 0.3 is 0 Å². The van der Waals surface area contributed by atoms with Crippen LogP contribution in [0.25, 0.3) is 11.0 Å². The Balaban J connectivity index is 1.80. The van der Waals surface area contributed by atoms with Crippen molar-refractivity contribution < 1.29 is 22.3 Å². The van der Waals surface area contributed by atoms with Gasteiger partial charge in [-0.3, -0.25) is 0 Å². The van der Waals surface area contributed by atoms with E-state index < -0.39 is 16.3 Å². The number of fused-ring (bicyclic) bond motifs is 1. The number of rotatable bonds is 6. The predicted octanol–water partition coefficient (Wildman–Crippen LogP) is 2.84. The van der Waals surface area contributed by atoms with Gasteiger partial charge in [-0.2, -0.15) is 17.4 Å². The number of furan rings is 1. The van der Waals surface area contributed by atoms with Gasteiger partial charge in [0, 0.05) is 18.5 Å². The first-order chi connectivity index (χ1) is 12.3. The number of nitrogens with one attached hydrogen (secondary N) is 1. The summed E-state index contributed by atoms with van der Waals surface area (Å²) in [7, 11) is -3.64. The number of hydrogen-bond acceptors (Lipinski definition) is 5. The maximum absolute atomic E-state index is 12.7. The summed E-state index contributed by atoms with van der Waals surface area (Å²) in [5.41, 5.74) is 0.629. The summed E-state index contributed by atoms with van der Waals surface area (Å²) in [5, 5.41) is 0.880. The molecule has 0 saturated carbocycles. The van der Waals surface area contributed by atoms with Gasteiger partial charge in [-0.1, -0.05) is 12.1 Å². The molecular formula is C18H26N2O5S. The van der Waals surface area contributed by atoms with Crippen molar-refractivity contribution in [2.24, 2.45) is 0 Å². The summed E-state index contributed by atoms with van der Waals surface area (Å²) in [6.45, 7) is 8.62. The van der Waals surface area contributed by atoms with Crippen LogP contribution in [-0.2, 0) is 14.9 Å². The summed E-state index contributed by atoms with van der Waals surface area (Å²) in [6, 6.07) is 6.98. The number of para-hydroxylation sites is 1. The maximum Gasteiger partial charge on any atom is 0.280 e. The largest absolute Gasteiger partial charge is 0.490 e. The molecule has 8 heteroatoms. The Morgan fingerprint density at radius 3 is 2.65 bits per heavy atom. The fourth-order valence-corrected chi connectivity index (χ4v) is 4.75. The molecule has 1 aliphatic rings. The lowest BCUT2D eigenvalue weighted by Crippen LogP contribution is -2.52. The monoisotopic (exact) mass is 382 g/mol. The van der Waals surface area contributed by atoms with Crippen molar-refractivity contribution in [2.75, 3.05) is 19.7 Å². The van der Waals surface area contributed by atoms with Crippen LogP contribution in [0.1, 0.15) is 39.5 Å². The average molecular weight is 382 g/mol. The third kappa shape index (κ3) is 4.03. The molecule has 1 aromatic carbocycles. The van der Waals surface area contributed by atoms with Crippen molar-refractivity contribution in [1.82, 2.24) is 9.03 Å². The summed E-state index contributed by atoms with van der Waals surface area (Å²) in [5.74, 6) is 1.20. The molecule has 0 aliphatic carbocycles. The SMILES string of the molecule is CCOc1cccc2cc([C@H](C)NS(=O)(=O)N3C[C@@H](C)O[C@@H](C)C3)oc12. The summed E-state index contributed by atoms with van der Waals surface area (Å²) < 4.78 is 46.7. The van der Waals surface area contributed by atoms with E-state index >= 15 is 0 Å². The zero-order valence-corrected chi connectivity index (χ0v) is 16.4. The molecule has 2 heterocycles. The molecule has 3 atom stereocenters. The highest BCUT2D eigenvalue weighted by atomic mass is 32.2. The highest BCUT2D eigenvalue weighted by molar-refractivity contribution is 7.87. The molecule has 0 amide bonds. The van der Waals surface area contributed by atoms with Crippen LogP contribution >= 0.6 is 0 Å². The standard InChI is InChI=1S/C18H26N2O5S/c1-5-23-16-8-6-7-15-9-17(25-18(15)16)14(4)19-26(21,22)20-10-12(2)24-13(3)11-20/h6-9,12-14,19H,5,10-11H2,1-4H3/t12-,13+,14-/m0/s1. The smallest absolute Gasteiger partial charge is 0.280 e. The van der Waals surface area contributed by atoms with E-state index in [2.05, 4.69) is 4.72 Å². The molecule has 2 aromatic rings. The quantitative estimate of drug-likeness (QED) is 0.831. The Kier molecular flexibility index (Phi) is 5.57. The Bertz CT molecular complexity index is 854. The van der Waals surface area contributed by atoms with Gasteiger partial charge in [0.2, 0.25) is 0 Å². The first kappa shape index (κ1) is 19.2. The van der Waals surface area contributed by atoms with Gasteiger partial charge in [0.1, 0.15) is 5.76 Å². The van der Waals surface area contributed by atoms with Crippen molar-refractivity contribution >= 4 is 21.2 Å². The van der Waals surface area contributed by atoms with Gasteiger partial charge in [-0.15, -0.1) is 0 Å². The van der Waals surface area contributed by atoms with Crippen LogP contribution in [0, 0.1) is 0 Å². The molecule has 144 valence electrons. The molecule has 1 N–H and O–H groups in total. The molecule has 26 heavy (non-hydrogen) atoms. The number of ether oxygens (including phenoxy) is 2. The van der Waals surface area contributed by atoms with Crippen LogP contribution in [0.4, 0.5) is 0 Å². The van der Waals surface area contributed by atoms with Crippen LogP contribution in [0.2, 0.25) is 0 Å². The van der Waals surface area contributed by atoms with Crippen molar-refractivity contribution in [3.8, 4) is 5.75 Å². The van der Waals surface area contributed by atoms with E-state index in [1.165, 1.54) is 4.31 Å². The third-order valence-electron chi connectivity index (χ3n) is 4.31. The lowest BCUT2D eigenvalue weighted by atomic mass is 10.2. The second-order valence-corrected chi connectivity index (χ2v) is 8.38. The van der Waals surface area contributed by atoms with Crippen molar-refractivity contribution in [3.05, 3.63) is 30.0 Å². The van der Waals surface area contributed by atoms with Gasteiger partial charge in [-0.05, 0) is 39.8 Å². The zero-order chi connectivity index (χ0) is 18.9. The molecule has 1 aliphatic heterocycles. The lowest BCUT2D eigenvalue weighted by molar-refractivity contribution is -0.0444. The fraction of sp³-hybridized carbons (Fsp3) is 0.556. The molecule has 0 unspecified atom stereocenters. The summed E-state index contributed by atoms with van der Waals surface area (Å²) >= 11 is 0. The number of morpholine rings is 1. The van der Waals surface area contributed by atoms with Crippen LogP contribution in [0.15, 0.2) is 28.7 Å². The van der Waals surface area contributed by atoms with Crippen molar-refractivity contribution in [1.29, 1.82) is 0 Å². The minimum absolute atomic E-state index is 0.134.